The number of phosphoric ester groups is 1. The van der Waals surface area contributed by atoms with Crippen molar-refractivity contribution in [1.29, 1.82) is 0 Å². The van der Waals surface area contributed by atoms with Gasteiger partial charge in [0.1, 0.15) is 19.8 Å². The monoisotopic (exact) mass is 1020 g/mol. The quantitative estimate of drug-likeness (QED) is 0.0195. The van der Waals surface area contributed by atoms with E-state index in [-0.39, 0.29) is 26.1 Å². The van der Waals surface area contributed by atoms with E-state index in [2.05, 4.69) is 135 Å². The molecule has 0 saturated heterocycles. The predicted molar refractivity (Wildman–Crippen MR) is 305 cm³/mol. The number of nitrogens with zero attached hydrogens (tertiary/aromatic N) is 1. The fourth-order valence-electron chi connectivity index (χ4n) is 7.18. The minimum absolute atomic E-state index is 0.0404. The van der Waals surface area contributed by atoms with Gasteiger partial charge in [0.05, 0.1) is 27.7 Å². The lowest BCUT2D eigenvalue weighted by molar-refractivity contribution is -0.870. The van der Waals surface area contributed by atoms with Crippen LogP contribution >= 0.6 is 7.82 Å². The maximum atomic E-state index is 12.8. The van der Waals surface area contributed by atoms with Crippen LogP contribution in [-0.4, -0.2) is 70.0 Å². The van der Waals surface area contributed by atoms with E-state index in [1.165, 1.54) is 51.4 Å². The molecule has 0 aliphatic heterocycles. The Morgan fingerprint density at radius 1 is 0.431 bits per heavy atom. The molecule has 0 rings (SSSR count). The van der Waals surface area contributed by atoms with Crippen molar-refractivity contribution in [2.75, 3.05) is 47.5 Å². The largest absolute Gasteiger partial charge is 0.756 e. The first-order valence-electron chi connectivity index (χ1n) is 28.2. The molecular formula is C62H104NO8P. The van der Waals surface area contributed by atoms with Gasteiger partial charge in [-0.1, -0.05) is 212 Å². The van der Waals surface area contributed by atoms with Crippen LogP contribution in [0.5, 0.6) is 0 Å². The first kappa shape index (κ1) is 68.4. The Labute approximate surface area is 441 Å². The van der Waals surface area contributed by atoms with E-state index < -0.39 is 32.5 Å². The molecule has 0 radical (unpaired) electrons. The Balaban J connectivity index is 4.21. The van der Waals surface area contributed by atoms with Gasteiger partial charge in [0.25, 0.3) is 7.82 Å². The predicted octanol–water partition coefficient (Wildman–Crippen LogP) is 17.0. The number of likely N-dealkylation sites (N-methyl/N-ethyl adjacent to an activating group) is 1. The molecule has 0 N–H and O–H groups in total. The van der Waals surface area contributed by atoms with Crippen LogP contribution in [0.15, 0.2) is 122 Å². The summed E-state index contributed by atoms with van der Waals surface area (Å²) >= 11 is 0. The molecule has 10 heteroatoms. The molecule has 0 fully saturated rings. The Morgan fingerprint density at radius 2 is 0.750 bits per heavy atom. The van der Waals surface area contributed by atoms with Gasteiger partial charge in [-0.25, -0.2) is 0 Å². The number of carbonyl (C=O) groups is 2. The molecule has 410 valence electrons. The lowest BCUT2D eigenvalue weighted by Gasteiger charge is -2.28. The van der Waals surface area contributed by atoms with Gasteiger partial charge in [-0.3, -0.25) is 14.2 Å². The van der Waals surface area contributed by atoms with E-state index in [1.54, 1.807) is 0 Å². The average Bonchev–Trinajstić information content (AvgIpc) is 3.34. The summed E-state index contributed by atoms with van der Waals surface area (Å²) in [5.41, 5.74) is 0. The molecule has 2 atom stereocenters. The van der Waals surface area contributed by atoms with Crippen LogP contribution < -0.4 is 4.89 Å². The third kappa shape index (κ3) is 55.7. The highest BCUT2D eigenvalue weighted by Gasteiger charge is 2.21. The van der Waals surface area contributed by atoms with Crippen molar-refractivity contribution in [3.8, 4) is 0 Å². The maximum absolute atomic E-state index is 12.8. The second-order valence-electron chi connectivity index (χ2n) is 19.5. The first-order valence-corrected chi connectivity index (χ1v) is 29.7. The lowest BCUT2D eigenvalue weighted by atomic mass is 10.1. The highest BCUT2D eigenvalue weighted by atomic mass is 31.2. The van der Waals surface area contributed by atoms with Crippen molar-refractivity contribution in [1.82, 2.24) is 0 Å². The minimum Gasteiger partial charge on any atom is -0.756 e. The summed E-state index contributed by atoms with van der Waals surface area (Å²) in [6.45, 7) is 3.98. The molecule has 0 aliphatic rings. The molecule has 0 amide bonds. The fourth-order valence-corrected chi connectivity index (χ4v) is 7.91. The number of phosphoric acid groups is 1. The van der Waals surface area contributed by atoms with E-state index in [1.807, 2.05) is 21.1 Å². The molecule has 2 unspecified atom stereocenters. The number of quaternary nitrogens is 1. The first-order chi connectivity index (χ1) is 35.0. The summed E-state index contributed by atoms with van der Waals surface area (Å²) < 4.78 is 34.1. The number of hydrogen-bond acceptors (Lipinski definition) is 8. The zero-order valence-corrected chi connectivity index (χ0v) is 47.2. The van der Waals surface area contributed by atoms with Crippen molar-refractivity contribution in [3.05, 3.63) is 122 Å². The van der Waals surface area contributed by atoms with Crippen molar-refractivity contribution >= 4 is 19.8 Å². The van der Waals surface area contributed by atoms with E-state index in [0.29, 0.717) is 23.9 Å². The summed E-state index contributed by atoms with van der Waals surface area (Å²) in [5, 5.41) is 0. The van der Waals surface area contributed by atoms with Gasteiger partial charge in [-0.05, 0) is 103 Å². The topological polar surface area (TPSA) is 111 Å². The third-order valence-corrected chi connectivity index (χ3v) is 12.4. The molecular weight excluding hydrogens is 918 g/mol. The van der Waals surface area contributed by atoms with Crippen LogP contribution in [0.1, 0.15) is 206 Å². The Bertz CT molecular complexity index is 1630. The second kappa shape index (κ2) is 52.3. The van der Waals surface area contributed by atoms with Gasteiger partial charge in [0, 0.05) is 12.8 Å². The fraction of sp³-hybridized carbons (Fsp3) is 0.645. The molecule has 0 saturated carbocycles. The van der Waals surface area contributed by atoms with Crippen LogP contribution in [0.2, 0.25) is 0 Å². The summed E-state index contributed by atoms with van der Waals surface area (Å²) in [4.78, 5) is 37.8. The van der Waals surface area contributed by atoms with Gasteiger partial charge in [0.15, 0.2) is 6.10 Å². The van der Waals surface area contributed by atoms with E-state index in [0.717, 1.165) is 116 Å². The molecule has 72 heavy (non-hydrogen) atoms. The van der Waals surface area contributed by atoms with Crippen LogP contribution in [0.4, 0.5) is 0 Å². The van der Waals surface area contributed by atoms with Gasteiger partial charge in [0.2, 0.25) is 0 Å². The maximum Gasteiger partial charge on any atom is 0.306 e. The Kier molecular flexibility index (Phi) is 49.7. The van der Waals surface area contributed by atoms with Crippen molar-refractivity contribution < 1.29 is 42.1 Å². The third-order valence-electron chi connectivity index (χ3n) is 11.5. The van der Waals surface area contributed by atoms with Gasteiger partial charge >= 0.3 is 11.9 Å². The Morgan fingerprint density at radius 3 is 1.11 bits per heavy atom. The molecule has 0 aliphatic carbocycles. The normalized spacial score (nSPS) is 14.2. The molecule has 9 nitrogen and oxygen atoms in total. The second-order valence-corrected chi connectivity index (χ2v) is 20.9. The zero-order valence-electron chi connectivity index (χ0n) is 46.3. The van der Waals surface area contributed by atoms with E-state index >= 15 is 0 Å². The van der Waals surface area contributed by atoms with Gasteiger partial charge in [-0.2, -0.15) is 0 Å². The summed E-state index contributed by atoms with van der Waals surface area (Å²) in [6, 6.07) is 0. The highest BCUT2D eigenvalue weighted by Crippen LogP contribution is 2.38. The van der Waals surface area contributed by atoms with Crippen molar-refractivity contribution in [3.63, 3.8) is 0 Å². The lowest BCUT2D eigenvalue weighted by Crippen LogP contribution is -2.37. The number of unbranched alkanes of at least 4 members (excludes halogenated alkanes) is 16. The minimum atomic E-state index is -4.65. The molecule has 0 aromatic carbocycles. The number of esters is 2. The number of carbonyl (C=O) groups excluding carboxylic acids is 2. The number of allylic oxidation sites excluding steroid dienone is 20. The summed E-state index contributed by atoms with van der Waals surface area (Å²) in [6.07, 6.45) is 73.8. The molecule has 0 aromatic rings. The van der Waals surface area contributed by atoms with E-state index in [4.69, 9.17) is 18.5 Å². The molecule has 0 bridgehead atoms. The van der Waals surface area contributed by atoms with Crippen LogP contribution in [-0.2, 0) is 32.7 Å². The number of ether oxygens (including phenoxy) is 2. The summed E-state index contributed by atoms with van der Waals surface area (Å²) in [5.74, 6) is -0.860. The average molecular weight is 1020 g/mol. The molecule has 0 heterocycles. The zero-order chi connectivity index (χ0) is 52.7. The number of hydrogen-bond donors (Lipinski definition) is 0. The van der Waals surface area contributed by atoms with Crippen LogP contribution in [0.3, 0.4) is 0 Å². The van der Waals surface area contributed by atoms with E-state index in [9.17, 15) is 19.0 Å². The standard InChI is InChI=1S/C62H104NO8P/c1-6-8-10-12-14-16-18-20-22-24-25-26-27-28-29-30-31-32-33-34-35-36-37-39-41-43-45-47-49-51-53-55-62(65)71-60(59-70-72(66,67)69-57-56-63(3,4)5)58-68-61(64)54-52-50-48-46-44-42-40-38-23-21-19-17-15-13-11-9-7-2/h8-11,14-17,20-23,25-26,28-29,31-32,34-35,60H,6-7,12-13,18-19,24,27,30,33,36-59H2,1-5H3/b10-8-,11-9-,16-14-,17-15-,22-20-,23-21-,26-25-,29-28-,32-31-,35-34-. The summed E-state index contributed by atoms with van der Waals surface area (Å²) in [7, 11) is 1.14. The Hall–Kier alpha value is -3.59. The SMILES string of the molecule is CC/C=C\C/C=C\C/C=C\C/C=C\C/C=C\C/C=C\C/C=C\CCCCCCCCCCCC(=O)OC(COC(=O)CCCCCCCCC/C=C\C/C=C\C/C=C\CC)COP(=O)([O-])OCC[N+](C)(C)C. The van der Waals surface area contributed by atoms with Crippen LogP contribution in [0.25, 0.3) is 0 Å². The smallest absolute Gasteiger partial charge is 0.306 e. The molecule has 0 spiro atoms. The number of rotatable bonds is 50. The van der Waals surface area contributed by atoms with Gasteiger partial charge in [-0.15, -0.1) is 0 Å². The van der Waals surface area contributed by atoms with Crippen molar-refractivity contribution in [2.45, 2.75) is 213 Å². The highest BCUT2D eigenvalue weighted by molar-refractivity contribution is 7.45. The van der Waals surface area contributed by atoms with Crippen molar-refractivity contribution in [2.24, 2.45) is 0 Å². The van der Waals surface area contributed by atoms with Gasteiger partial charge < -0.3 is 27.9 Å². The molecule has 0 aromatic heterocycles. The van der Waals surface area contributed by atoms with Crippen LogP contribution in [0, 0.1) is 0 Å².